The molecule has 0 spiro atoms. The number of nitrogens with zero attached hydrogens (tertiary/aromatic N) is 1. The molecule has 2 aromatic rings. The van der Waals surface area contributed by atoms with Gasteiger partial charge in [-0.15, -0.1) is 0 Å². The maximum absolute atomic E-state index is 10.5. The fraction of sp³-hybridized carbons (Fsp3) is 0. The normalized spacial score (nSPS) is 10.2. The summed E-state index contributed by atoms with van der Waals surface area (Å²) in [5, 5.41) is 1.07. The number of nitrogens with one attached hydrogen (secondary N) is 1. The summed E-state index contributed by atoms with van der Waals surface area (Å²) in [5.41, 5.74) is 1.69. The molecule has 0 aliphatic carbocycles. The smallest absolute Gasteiger partial charge is 0.224 e. The molecular formula is C9H8N2OS. The number of carbonyl (C=O) groups excluding carboxylic acids is 1. The lowest BCUT2D eigenvalue weighted by Gasteiger charge is -2.09. The number of aromatic nitrogens is 1. The molecule has 0 atom stereocenters. The van der Waals surface area contributed by atoms with E-state index >= 15 is 0 Å². The van der Waals surface area contributed by atoms with E-state index in [-0.39, 0.29) is 0 Å². The number of carbonyl (C=O) groups is 1. The Morgan fingerprint density at radius 3 is 3.00 bits per heavy atom. The van der Waals surface area contributed by atoms with Crippen LogP contribution in [0.1, 0.15) is 0 Å². The summed E-state index contributed by atoms with van der Waals surface area (Å²) < 4.78 is 1.25. The molecule has 0 aliphatic rings. The van der Waals surface area contributed by atoms with Crippen LogP contribution in [-0.2, 0) is 4.79 Å². The number of para-hydroxylation sites is 1. The third-order valence-corrected chi connectivity index (χ3v) is 2.22. The number of thiol groups is 1. The van der Waals surface area contributed by atoms with Gasteiger partial charge in [0.1, 0.15) is 0 Å². The van der Waals surface area contributed by atoms with Crippen molar-refractivity contribution in [2.24, 2.45) is 0 Å². The quantitative estimate of drug-likeness (QED) is 0.554. The van der Waals surface area contributed by atoms with Crippen molar-refractivity contribution in [3.05, 3.63) is 30.5 Å². The van der Waals surface area contributed by atoms with Crippen LogP contribution in [0, 0.1) is 0 Å². The number of rotatable bonds is 2. The van der Waals surface area contributed by atoms with E-state index < -0.39 is 0 Å². The second kappa shape index (κ2) is 3.14. The monoisotopic (exact) mass is 192 g/mol. The van der Waals surface area contributed by atoms with Gasteiger partial charge in [-0.1, -0.05) is 24.9 Å². The SMILES string of the molecule is O=CN(S)c1cccc2cc[nH]c12. The van der Waals surface area contributed by atoms with Crippen LogP contribution in [0.4, 0.5) is 5.69 Å². The summed E-state index contributed by atoms with van der Waals surface area (Å²) in [5.74, 6) is 0. The number of aromatic amines is 1. The first-order valence-corrected chi connectivity index (χ1v) is 4.22. The molecule has 0 bridgehead atoms. The Kier molecular flexibility index (Phi) is 1.98. The number of hydrogen-bond acceptors (Lipinski definition) is 2. The van der Waals surface area contributed by atoms with Crippen molar-refractivity contribution in [2.45, 2.75) is 0 Å². The lowest BCUT2D eigenvalue weighted by Crippen LogP contribution is -2.06. The van der Waals surface area contributed by atoms with Crippen LogP contribution >= 0.6 is 12.8 Å². The van der Waals surface area contributed by atoms with Crippen LogP contribution in [0.25, 0.3) is 10.9 Å². The van der Waals surface area contributed by atoms with Crippen LogP contribution in [0.2, 0.25) is 0 Å². The van der Waals surface area contributed by atoms with Gasteiger partial charge in [0.25, 0.3) is 0 Å². The second-order valence-corrected chi connectivity index (χ2v) is 3.10. The van der Waals surface area contributed by atoms with Gasteiger partial charge in [-0.3, -0.25) is 9.10 Å². The fourth-order valence-corrected chi connectivity index (χ4v) is 1.48. The van der Waals surface area contributed by atoms with E-state index in [1.165, 1.54) is 4.31 Å². The molecule has 1 heterocycles. The largest absolute Gasteiger partial charge is 0.359 e. The molecule has 0 radical (unpaired) electrons. The lowest BCUT2D eigenvalue weighted by atomic mass is 10.2. The van der Waals surface area contributed by atoms with Crippen molar-refractivity contribution in [2.75, 3.05) is 4.31 Å². The predicted octanol–water partition coefficient (Wildman–Crippen LogP) is 1.98. The molecule has 1 aromatic heterocycles. The van der Waals surface area contributed by atoms with E-state index in [0.717, 1.165) is 16.6 Å². The average Bonchev–Trinajstić information content (AvgIpc) is 2.63. The summed E-state index contributed by atoms with van der Waals surface area (Å²) in [6.07, 6.45) is 2.50. The molecule has 1 amide bonds. The van der Waals surface area contributed by atoms with Crippen LogP contribution in [0.5, 0.6) is 0 Å². The first-order chi connectivity index (χ1) is 6.33. The average molecular weight is 192 g/mol. The second-order valence-electron chi connectivity index (χ2n) is 2.67. The van der Waals surface area contributed by atoms with Crippen molar-refractivity contribution >= 4 is 35.8 Å². The van der Waals surface area contributed by atoms with E-state index in [4.69, 9.17) is 0 Å². The molecule has 2 rings (SSSR count). The van der Waals surface area contributed by atoms with E-state index in [1.54, 1.807) is 0 Å². The molecule has 0 aliphatic heterocycles. The molecule has 0 unspecified atom stereocenters. The zero-order valence-electron chi connectivity index (χ0n) is 6.77. The molecule has 0 saturated heterocycles. The molecule has 13 heavy (non-hydrogen) atoms. The first-order valence-electron chi connectivity index (χ1n) is 3.82. The van der Waals surface area contributed by atoms with Crippen molar-refractivity contribution in [3.8, 4) is 0 Å². The molecule has 3 nitrogen and oxygen atoms in total. The Hall–Kier alpha value is -1.42. The van der Waals surface area contributed by atoms with Crippen LogP contribution in [0.3, 0.4) is 0 Å². The zero-order chi connectivity index (χ0) is 9.26. The Labute approximate surface area is 80.9 Å². The number of amides is 1. The minimum Gasteiger partial charge on any atom is -0.359 e. The molecule has 4 heteroatoms. The van der Waals surface area contributed by atoms with Gasteiger partial charge in [-0.25, -0.2) is 0 Å². The molecule has 0 saturated carbocycles. The topological polar surface area (TPSA) is 36.1 Å². The minimum atomic E-state index is 0.665. The van der Waals surface area contributed by atoms with Gasteiger partial charge in [0.15, 0.2) is 0 Å². The summed E-state index contributed by atoms with van der Waals surface area (Å²) in [4.78, 5) is 13.6. The standard InChI is InChI=1S/C9H8N2OS/c12-6-11(13)8-3-1-2-7-4-5-10-9(7)8/h1-6,10,13H. The molecule has 1 N–H and O–H groups in total. The Morgan fingerprint density at radius 1 is 1.38 bits per heavy atom. The van der Waals surface area contributed by atoms with Crippen molar-refractivity contribution in [3.63, 3.8) is 0 Å². The van der Waals surface area contributed by atoms with Gasteiger partial charge in [-0.2, -0.15) is 0 Å². The van der Waals surface area contributed by atoms with Gasteiger partial charge in [-0.05, 0) is 12.1 Å². The summed E-state index contributed by atoms with van der Waals surface area (Å²) >= 11 is 4.02. The number of hydrogen-bond donors (Lipinski definition) is 2. The highest BCUT2D eigenvalue weighted by Gasteiger charge is 2.05. The number of H-pyrrole nitrogens is 1. The Balaban J connectivity index is 2.67. The predicted molar refractivity (Wildman–Crippen MR) is 55.8 cm³/mol. The summed E-state index contributed by atoms with van der Waals surface area (Å²) in [7, 11) is 0. The Morgan fingerprint density at radius 2 is 2.23 bits per heavy atom. The minimum absolute atomic E-state index is 0.665. The highest BCUT2D eigenvalue weighted by atomic mass is 32.1. The molecule has 1 aromatic carbocycles. The van der Waals surface area contributed by atoms with Crippen molar-refractivity contribution < 1.29 is 4.79 Å². The van der Waals surface area contributed by atoms with Crippen LogP contribution in [0.15, 0.2) is 30.5 Å². The van der Waals surface area contributed by atoms with Crippen molar-refractivity contribution in [1.82, 2.24) is 4.98 Å². The third-order valence-electron chi connectivity index (χ3n) is 1.91. The van der Waals surface area contributed by atoms with E-state index in [1.807, 2.05) is 30.5 Å². The highest BCUT2D eigenvalue weighted by Crippen LogP contribution is 2.25. The summed E-state index contributed by atoms with van der Waals surface area (Å²) in [6, 6.07) is 7.64. The zero-order valence-corrected chi connectivity index (χ0v) is 7.66. The number of benzene rings is 1. The molecule has 66 valence electrons. The van der Waals surface area contributed by atoms with Gasteiger partial charge in [0.2, 0.25) is 6.41 Å². The fourth-order valence-electron chi connectivity index (χ4n) is 1.32. The van der Waals surface area contributed by atoms with E-state index in [9.17, 15) is 4.79 Å². The highest BCUT2D eigenvalue weighted by molar-refractivity contribution is 7.82. The summed E-state index contributed by atoms with van der Waals surface area (Å²) in [6.45, 7) is 0. The van der Waals surface area contributed by atoms with E-state index in [2.05, 4.69) is 17.8 Å². The van der Waals surface area contributed by atoms with Gasteiger partial charge in [0.05, 0.1) is 11.2 Å². The number of anilines is 1. The van der Waals surface area contributed by atoms with Gasteiger partial charge >= 0.3 is 0 Å². The molecular weight excluding hydrogens is 184 g/mol. The van der Waals surface area contributed by atoms with Gasteiger partial charge in [0, 0.05) is 11.6 Å². The van der Waals surface area contributed by atoms with Gasteiger partial charge < -0.3 is 4.98 Å². The van der Waals surface area contributed by atoms with Crippen LogP contribution in [-0.4, -0.2) is 11.4 Å². The maximum Gasteiger partial charge on any atom is 0.224 e. The maximum atomic E-state index is 10.5. The lowest BCUT2D eigenvalue weighted by molar-refractivity contribution is -0.106. The Bertz CT molecular complexity index is 438. The van der Waals surface area contributed by atoms with Crippen LogP contribution < -0.4 is 4.31 Å². The van der Waals surface area contributed by atoms with Crippen molar-refractivity contribution in [1.29, 1.82) is 0 Å². The molecule has 0 fully saturated rings. The third kappa shape index (κ3) is 1.29. The first kappa shape index (κ1) is 8.19. The number of fused-ring (bicyclic) bond motifs is 1. The van der Waals surface area contributed by atoms with E-state index in [0.29, 0.717) is 6.41 Å².